The number of fused-ring (bicyclic) bond motifs is 1. The minimum absolute atomic E-state index is 0.0219. The summed E-state index contributed by atoms with van der Waals surface area (Å²) in [4.78, 5) is 49.7. The lowest BCUT2D eigenvalue weighted by atomic mass is 10.1. The van der Waals surface area contributed by atoms with E-state index in [1.807, 2.05) is 0 Å². The molecule has 0 spiro atoms. The molecule has 1 aromatic carbocycles. The van der Waals surface area contributed by atoms with Gasteiger partial charge in [0, 0.05) is 19.0 Å². The van der Waals surface area contributed by atoms with Crippen LogP contribution < -0.4 is 10.2 Å². The van der Waals surface area contributed by atoms with E-state index in [0.717, 1.165) is 11.3 Å². The smallest absolute Gasteiger partial charge is 0.306 e. The zero-order valence-electron chi connectivity index (χ0n) is 17.6. The maximum Gasteiger partial charge on any atom is 0.306 e. The fraction of sp³-hybridized carbons (Fsp3) is 0.391. The van der Waals surface area contributed by atoms with Crippen LogP contribution in [0.15, 0.2) is 45.8 Å². The van der Waals surface area contributed by atoms with Gasteiger partial charge in [-0.25, -0.2) is 0 Å². The molecule has 3 rings (SSSR count). The highest BCUT2D eigenvalue weighted by molar-refractivity contribution is 6.21. The molecule has 0 atom stereocenters. The number of imide groups is 1. The summed E-state index contributed by atoms with van der Waals surface area (Å²) in [7, 11) is 0. The number of nitrogens with zero attached hydrogens (tertiary/aromatic N) is 1. The van der Waals surface area contributed by atoms with Crippen LogP contribution in [0.25, 0.3) is 0 Å². The Kier molecular flexibility index (Phi) is 7.23. The van der Waals surface area contributed by atoms with E-state index in [-0.39, 0.29) is 54.7 Å². The van der Waals surface area contributed by atoms with Crippen molar-refractivity contribution in [3.8, 4) is 5.75 Å². The predicted octanol–water partition coefficient (Wildman–Crippen LogP) is 3.18. The van der Waals surface area contributed by atoms with Gasteiger partial charge in [0.15, 0.2) is 0 Å². The monoisotopic (exact) mass is 427 g/mol. The highest BCUT2D eigenvalue weighted by Gasteiger charge is 2.34. The van der Waals surface area contributed by atoms with E-state index in [9.17, 15) is 19.2 Å². The summed E-state index contributed by atoms with van der Waals surface area (Å²) in [5.41, 5.74) is 0.412. The van der Waals surface area contributed by atoms with Crippen LogP contribution in [0.4, 0.5) is 0 Å². The van der Waals surface area contributed by atoms with Crippen LogP contribution in [-0.4, -0.2) is 35.8 Å². The highest BCUT2D eigenvalue weighted by Crippen LogP contribution is 2.22. The molecule has 164 valence electrons. The number of benzene rings is 1. The number of carbonyl (C=O) groups is 3. The summed E-state index contributed by atoms with van der Waals surface area (Å²) in [6.07, 6.45) is 2.33. The third-order valence-electron chi connectivity index (χ3n) is 4.82. The number of carbonyl (C=O) groups excluding carboxylic acids is 3. The summed E-state index contributed by atoms with van der Waals surface area (Å²) >= 11 is 0. The minimum atomic E-state index is -0.517. The predicted molar refractivity (Wildman–Crippen MR) is 111 cm³/mol. The van der Waals surface area contributed by atoms with Gasteiger partial charge in [-0.15, -0.1) is 0 Å². The molecule has 0 fully saturated rings. The standard InChI is InChI=1S/C23H25NO7/c1-15(2)9-11-29-20-14-30-16(12-19(20)25)13-31-21(26)8-5-10-24-22(27)17-6-3-4-7-18(17)23(24)28/h3-4,6-7,12,14-15H,5,8-11,13H2,1-2H3. The van der Waals surface area contributed by atoms with E-state index < -0.39 is 5.97 Å². The summed E-state index contributed by atoms with van der Waals surface area (Å²) in [6.45, 7) is 4.47. The van der Waals surface area contributed by atoms with Crippen molar-refractivity contribution in [3.05, 3.63) is 63.7 Å². The van der Waals surface area contributed by atoms with Gasteiger partial charge in [0.2, 0.25) is 11.2 Å². The average molecular weight is 427 g/mol. The van der Waals surface area contributed by atoms with Crippen molar-refractivity contribution in [2.45, 2.75) is 39.7 Å². The molecule has 1 aromatic heterocycles. The Morgan fingerprint density at radius 3 is 2.39 bits per heavy atom. The van der Waals surface area contributed by atoms with Crippen LogP contribution in [0.2, 0.25) is 0 Å². The van der Waals surface area contributed by atoms with Gasteiger partial charge in [0.1, 0.15) is 18.6 Å². The van der Waals surface area contributed by atoms with Crippen LogP contribution in [0.3, 0.4) is 0 Å². The number of ether oxygens (including phenoxy) is 2. The molecule has 8 nitrogen and oxygen atoms in total. The highest BCUT2D eigenvalue weighted by atomic mass is 16.5. The summed E-state index contributed by atoms with van der Waals surface area (Å²) in [5.74, 6) is -0.441. The van der Waals surface area contributed by atoms with Crippen molar-refractivity contribution in [3.63, 3.8) is 0 Å². The molecule has 0 radical (unpaired) electrons. The van der Waals surface area contributed by atoms with Gasteiger partial charge in [-0.05, 0) is 30.9 Å². The first kappa shape index (κ1) is 22.3. The van der Waals surface area contributed by atoms with Gasteiger partial charge in [-0.1, -0.05) is 26.0 Å². The van der Waals surface area contributed by atoms with E-state index in [1.54, 1.807) is 24.3 Å². The van der Waals surface area contributed by atoms with Crippen molar-refractivity contribution >= 4 is 17.8 Å². The molecular weight excluding hydrogens is 402 g/mol. The Bertz CT molecular complexity index is 990. The fourth-order valence-electron chi connectivity index (χ4n) is 3.07. The molecule has 0 aliphatic carbocycles. The third-order valence-corrected chi connectivity index (χ3v) is 4.82. The Morgan fingerprint density at radius 2 is 1.77 bits per heavy atom. The summed E-state index contributed by atoms with van der Waals surface area (Å²) in [6, 6.07) is 7.86. The fourth-order valence-corrected chi connectivity index (χ4v) is 3.07. The number of amides is 2. The second-order valence-electron chi connectivity index (χ2n) is 7.68. The van der Waals surface area contributed by atoms with Gasteiger partial charge in [-0.3, -0.25) is 24.1 Å². The van der Waals surface area contributed by atoms with Gasteiger partial charge < -0.3 is 13.9 Å². The van der Waals surface area contributed by atoms with Crippen molar-refractivity contribution < 1.29 is 28.3 Å². The third kappa shape index (κ3) is 5.59. The largest absolute Gasteiger partial charge is 0.487 e. The van der Waals surface area contributed by atoms with Gasteiger partial charge in [0.25, 0.3) is 11.8 Å². The zero-order chi connectivity index (χ0) is 22.4. The lowest BCUT2D eigenvalue weighted by Crippen LogP contribution is -2.31. The molecule has 2 aromatic rings. The first-order chi connectivity index (χ1) is 14.9. The molecular formula is C23H25NO7. The lowest BCUT2D eigenvalue weighted by molar-refractivity contribution is -0.145. The van der Waals surface area contributed by atoms with Crippen LogP contribution >= 0.6 is 0 Å². The SMILES string of the molecule is CC(C)CCOc1coc(COC(=O)CCCN2C(=O)c3ccccc3C2=O)cc1=O. The zero-order valence-corrected chi connectivity index (χ0v) is 17.6. The Labute approximate surface area is 179 Å². The number of esters is 1. The van der Waals surface area contributed by atoms with Crippen LogP contribution in [0, 0.1) is 5.92 Å². The Morgan fingerprint density at radius 1 is 1.10 bits per heavy atom. The van der Waals surface area contributed by atoms with Crippen LogP contribution in [0.5, 0.6) is 5.75 Å². The molecule has 0 unspecified atom stereocenters. The molecule has 31 heavy (non-hydrogen) atoms. The molecule has 0 bridgehead atoms. The van der Waals surface area contributed by atoms with E-state index in [4.69, 9.17) is 13.9 Å². The van der Waals surface area contributed by atoms with E-state index in [2.05, 4.69) is 13.8 Å². The van der Waals surface area contributed by atoms with E-state index >= 15 is 0 Å². The first-order valence-electron chi connectivity index (χ1n) is 10.2. The van der Waals surface area contributed by atoms with Crippen LogP contribution in [-0.2, 0) is 16.1 Å². The average Bonchev–Trinajstić information content (AvgIpc) is 2.98. The number of hydrogen-bond acceptors (Lipinski definition) is 7. The van der Waals surface area contributed by atoms with Crippen molar-refractivity contribution in [2.24, 2.45) is 5.92 Å². The van der Waals surface area contributed by atoms with Crippen LogP contribution in [0.1, 0.15) is 59.6 Å². The molecule has 0 saturated heterocycles. The van der Waals surface area contributed by atoms with Gasteiger partial charge in [-0.2, -0.15) is 0 Å². The maximum absolute atomic E-state index is 12.3. The molecule has 1 aliphatic heterocycles. The minimum Gasteiger partial charge on any atom is -0.487 e. The first-order valence-corrected chi connectivity index (χ1v) is 10.2. The van der Waals surface area contributed by atoms with E-state index in [1.165, 1.54) is 12.3 Å². The topological polar surface area (TPSA) is 103 Å². The van der Waals surface area contributed by atoms with Gasteiger partial charge in [0.05, 0.1) is 17.7 Å². The number of hydrogen-bond donors (Lipinski definition) is 0. The second kappa shape index (κ2) is 10.1. The Balaban J connectivity index is 1.42. The number of rotatable bonds is 10. The lowest BCUT2D eigenvalue weighted by Gasteiger charge is -2.13. The van der Waals surface area contributed by atoms with Crippen molar-refractivity contribution in [1.29, 1.82) is 0 Å². The molecule has 2 amide bonds. The molecule has 0 saturated carbocycles. The summed E-state index contributed by atoms with van der Waals surface area (Å²) in [5, 5.41) is 0. The molecule has 0 N–H and O–H groups in total. The maximum atomic E-state index is 12.3. The quantitative estimate of drug-likeness (QED) is 0.424. The normalized spacial score (nSPS) is 12.9. The van der Waals surface area contributed by atoms with E-state index in [0.29, 0.717) is 23.7 Å². The second-order valence-corrected chi connectivity index (χ2v) is 7.68. The Hall–Kier alpha value is -3.42. The van der Waals surface area contributed by atoms with Crippen molar-refractivity contribution in [2.75, 3.05) is 13.2 Å². The summed E-state index contributed by atoms with van der Waals surface area (Å²) < 4.78 is 15.8. The molecule has 2 heterocycles. The molecule has 1 aliphatic rings. The molecule has 8 heteroatoms. The van der Waals surface area contributed by atoms with Crippen molar-refractivity contribution in [1.82, 2.24) is 4.90 Å². The van der Waals surface area contributed by atoms with Gasteiger partial charge >= 0.3 is 5.97 Å².